The predicted octanol–water partition coefficient (Wildman–Crippen LogP) is 4.35. The monoisotopic (exact) mass is 316 g/mol. The van der Waals surface area contributed by atoms with Crippen LogP contribution in [-0.4, -0.2) is 16.1 Å². The van der Waals surface area contributed by atoms with Crippen molar-refractivity contribution in [3.8, 4) is 0 Å². The van der Waals surface area contributed by atoms with Crippen LogP contribution in [0.5, 0.6) is 0 Å². The van der Waals surface area contributed by atoms with Crippen molar-refractivity contribution in [2.75, 3.05) is 0 Å². The van der Waals surface area contributed by atoms with Crippen LogP contribution in [0, 0.1) is 0 Å². The van der Waals surface area contributed by atoms with Crippen LogP contribution in [0.1, 0.15) is 36.2 Å². The van der Waals surface area contributed by atoms with E-state index in [2.05, 4.69) is 58.9 Å². The molecule has 1 heterocycles. The van der Waals surface area contributed by atoms with Gasteiger partial charge in [0.25, 0.3) is 0 Å². The maximum Gasteiger partial charge on any atom is 0.169 e. The van der Waals surface area contributed by atoms with Gasteiger partial charge in [-0.25, -0.2) is 0 Å². The Kier molecular flexibility index (Phi) is 4.56. The second kappa shape index (κ2) is 6.58. The molecule has 1 aromatic heterocycles. The fourth-order valence-corrected chi connectivity index (χ4v) is 3.51. The van der Waals surface area contributed by atoms with Gasteiger partial charge in [0.15, 0.2) is 5.11 Å². The van der Waals surface area contributed by atoms with E-state index in [9.17, 15) is 0 Å². The third-order valence-electron chi connectivity index (χ3n) is 3.79. The van der Waals surface area contributed by atoms with Crippen molar-refractivity contribution >= 4 is 28.7 Å². The first-order valence-corrected chi connectivity index (χ1v) is 8.67. The largest absolute Gasteiger partial charge is 0.356 e. The van der Waals surface area contributed by atoms with Crippen molar-refractivity contribution in [3.63, 3.8) is 0 Å². The second-order valence-electron chi connectivity index (χ2n) is 5.52. The second-order valence-corrected chi connectivity index (χ2v) is 6.94. The van der Waals surface area contributed by atoms with E-state index < -0.39 is 0 Å². The smallest absolute Gasteiger partial charge is 0.169 e. The summed E-state index contributed by atoms with van der Waals surface area (Å²) in [5, 5.41) is 6.50. The van der Waals surface area contributed by atoms with E-state index in [-0.39, 0.29) is 6.04 Å². The average molecular weight is 316 g/mol. The Morgan fingerprint density at radius 3 is 2.67 bits per heavy atom. The Labute approximate surface area is 135 Å². The number of thiophene rings is 1. The number of nitrogens with one attached hydrogen (secondary N) is 1. The van der Waals surface area contributed by atoms with Crippen LogP contribution in [0.4, 0.5) is 0 Å². The average Bonchev–Trinajstić information content (AvgIpc) is 3.21. The summed E-state index contributed by atoms with van der Waals surface area (Å²) in [6, 6.07) is 15.6. The van der Waals surface area contributed by atoms with Crippen molar-refractivity contribution in [2.24, 2.45) is 0 Å². The van der Waals surface area contributed by atoms with Gasteiger partial charge in [0.2, 0.25) is 0 Å². The van der Waals surface area contributed by atoms with Crippen molar-refractivity contribution in [2.45, 2.75) is 38.4 Å². The Bertz CT molecular complexity index is 576. The van der Waals surface area contributed by atoms with Crippen molar-refractivity contribution in [1.82, 2.24) is 10.2 Å². The van der Waals surface area contributed by atoms with Gasteiger partial charge in [0.1, 0.15) is 0 Å². The van der Waals surface area contributed by atoms with Crippen LogP contribution >= 0.6 is 23.6 Å². The minimum Gasteiger partial charge on any atom is -0.356 e. The normalized spacial score (nSPS) is 15.5. The van der Waals surface area contributed by atoms with E-state index >= 15 is 0 Å². The highest BCUT2D eigenvalue weighted by molar-refractivity contribution is 7.80. The van der Waals surface area contributed by atoms with Crippen LogP contribution in [0.2, 0.25) is 0 Å². The molecular formula is C17H20N2S2. The summed E-state index contributed by atoms with van der Waals surface area (Å²) in [6.07, 6.45) is 2.51. The molecule has 1 N–H and O–H groups in total. The quantitative estimate of drug-likeness (QED) is 0.826. The molecule has 2 nitrogen and oxygen atoms in total. The third-order valence-corrected chi connectivity index (χ3v) is 5.01. The lowest BCUT2D eigenvalue weighted by molar-refractivity contribution is 0.394. The molecule has 0 bridgehead atoms. The SMILES string of the molecule is CC(NC(=S)N(Cc1cccs1)C1CC1)c1ccccc1. The Morgan fingerprint density at radius 1 is 1.29 bits per heavy atom. The van der Waals surface area contributed by atoms with Crippen molar-refractivity contribution < 1.29 is 0 Å². The van der Waals surface area contributed by atoms with Crippen LogP contribution in [0.15, 0.2) is 47.8 Å². The van der Waals surface area contributed by atoms with E-state index in [0.29, 0.717) is 6.04 Å². The van der Waals surface area contributed by atoms with Gasteiger partial charge in [-0.1, -0.05) is 36.4 Å². The molecule has 0 saturated heterocycles. The van der Waals surface area contributed by atoms with E-state index in [1.165, 1.54) is 23.3 Å². The molecule has 1 fully saturated rings. The zero-order valence-corrected chi connectivity index (χ0v) is 13.8. The standard InChI is InChI=1S/C17H20N2S2/c1-13(14-6-3-2-4-7-14)18-17(20)19(15-9-10-15)12-16-8-5-11-21-16/h2-8,11,13,15H,9-10,12H2,1H3,(H,18,20). The van der Waals surface area contributed by atoms with Gasteiger partial charge in [-0.2, -0.15) is 0 Å². The lowest BCUT2D eigenvalue weighted by atomic mass is 10.1. The first kappa shape index (κ1) is 14.5. The Hall–Kier alpha value is -1.39. The lowest BCUT2D eigenvalue weighted by Crippen LogP contribution is -2.41. The number of hydrogen-bond donors (Lipinski definition) is 1. The molecule has 0 radical (unpaired) electrons. The van der Waals surface area contributed by atoms with Crippen molar-refractivity contribution in [1.29, 1.82) is 0 Å². The summed E-state index contributed by atoms with van der Waals surface area (Å²) < 4.78 is 0. The fraction of sp³-hybridized carbons (Fsp3) is 0.353. The molecule has 0 aliphatic heterocycles. The summed E-state index contributed by atoms with van der Waals surface area (Å²) in [5.41, 5.74) is 1.27. The molecule has 1 aliphatic carbocycles. The third kappa shape index (κ3) is 3.83. The number of nitrogens with zero attached hydrogens (tertiary/aromatic N) is 1. The molecule has 0 spiro atoms. The van der Waals surface area contributed by atoms with Gasteiger partial charge in [0, 0.05) is 10.9 Å². The molecule has 1 aromatic carbocycles. The number of rotatable bonds is 5. The predicted molar refractivity (Wildman–Crippen MR) is 93.5 cm³/mol. The molecule has 21 heavy (non-hydrogen) atoms. The Balaban J connectivity index is 1.64. The summed E-state index contributed by atoms with van der Waals surface area (Å²) >= 11 is 7.46. The molecule has 110 valence electrons. The topological polar surface area (TPSA) is 15.3 Å². The van der Waals surface area contributed by atoms with E-state index in [4.69, 9.17) is 12.2 Å². The number of benzene rings is 1. The molecule has 1 aliphatic rings. The zero-order valence-electron chi connectivity index (χ0n) is 12.2. The van der Waals surface area contributed by atoms with Gasteiger partial charge < -0.3 is 10.2 Å². The molecular weight excluding hydrogens is 296 g/mol. The van der Waals surface area contributed by atoms with Gasteiger partial charge in [-0.15, -0.1) is 11.3 Å². The Morgan fingerprint density at radius 2 is 2.05 bits per heavy atom. The van der Waals surface area contributed by atoms with Crippen molar-refractivity contribution in [3.05, 3.63) is 58.3 Å². The summed E-state index contributed by atoms with van der Waals surface area (Å²) in [5.74, 6) is 0. The first-order chi connectivity index (χ1) is 10.2. The van der Waals surface area contributed by atoms with Crippen LogP contribution in [-0.2, 0) is 6.54 Å². The van der Waals surface area contributed by atoms with Crippen LogP contribution in [0.25, 0.3) is 0 Å². The van der Waals surface area contributed by atoms with Gasteiger partial charge >= 0.3 is 0 Å². The minimum absolute atomic E-state index is 0.239. The lowest BCUT2D eigenvalue weighted by Gasteiger charge is -2.28. The van der Waals surface area contributed by atoms with Crippen LogP contribution in [0.3, 0.4) is 0 Å². The highest BCUT2D eigenvalue weighted by Crippen LogP contribution is 2.29. The zero-order chi connectivity index (χ0) is 14.7. The molecule has 1 unspecified atom stereocenters. The summed E-state index contributed by atoms with van der Waals surface area (Å²) in [4.78, 5) is 3.72. The maximum atomic E-state index is 5.66. The highest BCUT2D eigenvalue weighted by atomic mass is 32.1. The molecule has 2 aromatic rings. The van der Waals surface area contributed by atoms with Gasteiger partial charge in [-0.05, 0) is 49.0 Å². The fourth-order valence-electron chi connectivity index (χ4n) is 2.42. The van der Waals surface area contributed by atoms with Crippen LogP contribution < -0.4 is 5.32 Å². The number of hydrogen-bond acceptors (Lipinski definition) is 2. The van der Waals surface area contributed by atoms with Gasteiger partial charge in [-0.3, -0.25) is 0 Å². The van der Waals surface area contributed by atoms with E-state index in [1.54, 1.807) is 11.3 Å². The summed E-state index contributed by atoms with van der Waals surface area (Å²) in [6.45, 7) is 3.09. The molecule has 4 heteroatoms. The molecule has 1 atom stereocenters. The first-order valence-electron chi connectivity index (χ1n) is 7.38. The van der Waals surface area contributed by atoms with E-state index in [0.717, 1.165) is 11.7 Å². The minimum atomic E-state index is 0.239. The van der Waals surface area contributed by atoms with E-state index in [1.807, 2.05) is 6.07 Å². The molecule has 1 saturated carbocycles. The summed E-state index contributed by atoms with van der Waals surface area (Å²) in [7, 11) is 0. The maximum absolute atomic E-state index is 5.66. The molecule has 0 amide bonds. The van der Waals surface area contributed by atoms with Gasteiger partial charge in [0.05, 0.1) is 12.6 Å². The molecule has 3 rings (SSSR count). The highest BCUT2D eigenvalue weighted by Gasteiger charge is 2.31. The number of thiocarbonyl (C=S) groups is 1.